The van der Waals surface area contributed by atoms with Crippen LogP contribution in [0.4, 0.5) is 10.8 Å². The third-order valence-electron chi connectivity index (χ3n) is 4.14. The molecule has 3 rings (SSSR count). The van der Waals surface area contributed by atoms with Crippen molar-refractivity contribution in [2.75, 3.05) is 32.1 Å². The number of carbonyl (C=O) groups is 1. The van der Waals surface area contributed by atoms with Crippen LogP contribution < -0.4 is 4.90 Å². The van der Waals surface area contributed by atoms with Gasteiger partial charge in [-0.1, -0.05) is 39.4 Å². The van der Waals surface area contributed by atoms with Crippen LogP contribution in [0.2, 0.25) is 0 Å². The number of halogens is 2. The van der Waals surface area contributed by atoms with Gasteiger partial charge in [0.2, 0.25) is 5.91 Å². The second-order valence-corrected chi connectivity index (χ2v) is 8.48. The molecule has 3 aromatic rings. The summed E-state index contributed by atoms with van der Waals surface area (Å²) in [7, 11) is 3.91. The Balaban J connectivity index is 0.00000300. The third-order valence-corrected chi connectivity index (χ3v) is 5.68. The number of likely N-dealkylation sites (N-methyl/N-ethyl adjacent to an activating group) is 1. The number of nitro groups is 1. The van der Waals surface area contributed by atoms with Gasteiger partial charge in [0, 0.05) is 29.7 Å². The van der Waals surface area contributed by atoms with Crippen molar-refractivity contribution in [3.63, 3.8) is 0 Å². The predicted molar refractivity (Wildman–Crippen MR) is 122 cm³/mol. The Hall–Kier alpha value is -2.07. The molecule has 1 heterocycles. The van der Waals surface area contributed by atoms with E-state index in [1.54, 1.807) is 17.0 Å². The van der Waals surface area contributed by atoms with E-state index in [0.717, 1.165) is 20.3 Å². The molecule has 0 aliphatic carbocycles. The average molecular weight is 500 g/mol. The molecule has 0 bridgehead atoms. The van der Waals surface area contributed by atoms with E-state index in [1.807, 2.05) is 37.2 Å². The van der Waals surface area contributed by atoms with Crippen molar-refractivity contribution in [1.82, 2.24) is 9.88 Å². The van der Waals surface area contributed by atoms with Crippen molar-refractivity contribution in [3.05, 3.63) is 62.6 Å². The average Bonchev–Trinajstić information content (AvgIpc) is 3.04. The minimum absolute atomic E-state index is 0. The van der Waals surface area contributed by atoms with Crippen LogP contribution in [0.3, 0.4) is 0 Å². The van der Waals surface area contributed by atoms with Gasteiger partial charge in [-0.25, -0.2) is 4.98 Å². The number of hydrogen-bond acceptors (Lipinski definition) is 6. The van der Waals surface area contributed by atoms with Crippen LogP contribution >= 0.6 is 39.7 Å². The second-order valence-electron chi connectivity index (χ2n) is 6.56. The number of amides is 1. The highest BCUT2D eigenvalue weighted by Gasteiger charge is 2.20. The van der Waals surface area contributed by atoms with Crippen molar-refractivity contribution in [2.24, 2.45) is 0 Å². The first kappa shape index (κ1) is 23.2. The number of carbonyl (C=O) groups excluding carboxylic acids is 1. The molecule has 0 atom stereocenters. The fourth-order valence-corrected chi connectivity index (χ4v) is 4.20. The normalized spacial score (nSPS) is 10.8. The molecular weight excluding hydrogens is 480 g/mol. The van der Waals surface area contributed by atoms with Crippen molar-refractivity contribution in [3.8, 4) is 0 Å². The lowest BCUT2D eigenvalue weighted by atomic mass is 10.1. The van der Waals surface area contributed by atoms with E-state index in [1.165, 1.54) is 23.5 Å². The van der Waals surface area contributed by atoms with Gasteiger partial charge in [-0.3, -0.25) is 19.8 Å². The maximum Gasteiger partial charge on any atom is 0.269 e. The van der Waals surface area contributed by atoms with Crippen molar-refractivity contribution in [1.29, 1.82) is 0 Å². The molecule has 0 aliphatic heterocycles. The van der Waals surface area contributed by atoms with Crippen LogP contribution in [0.1, 0.15) is 5.56 Å². The van der Waals surface area contributed by atoms with Crippen LogP contribution in [0.15, 0.2) is 46.9 Å². The number of rotatable bonds is 7. The van der Waals surface area contributed by atoms with Gasteiger partial charge in [-0.05, 0) is 37.9 Å². The van der Waals surface area contributed by atoms with Crippen LogP contribution in [0, 0.1) is 10.1 Å². The van der Waals surface area contributed by atoms with E-state index in [-0.39, 0.29) is 30.4 Å². The Labute approximate surface area is 187 Å². The zero-order valence-corrected chi connectivity index (χ0v) is 19.1. The molecular formula is C19H20BrClN4O3S. The molecule has 10 heteroatoms. The van der Waals surface area contributed by atoms with Crippen molar-refractivity contribution < 1.29 is 9.72 Å². The highest BCUT2D eigenvalue weighted by Crippen LogP contribution is 2.31. The topological polar surface area (TPSA) is 79.6 Å². The molecule has 2 aromatic carbocycles. The first-order chi connectivity index (χ1) is 13.3. The van der Waals surface area contributed by atoms with Crippen molar-refractivity contribution >= 4 is 66.6 Å². The fourth-order valence-electron chi connectivity index (χ4n) is 2.63. The fraction of sp³-hybridized carbons (Fsp3) is 0.263. The molecule has 0 spiro atoms. The first-order valence-corrected chi connectivity index (χ1v) is 10.2. The smallest absolute Gasteiger partial charge is 0.269 e. The summed E-state index contributed by atoms with van der Waals surface area (Å²) in [6.07, 6.45) is 0.158. The number of benzene rings is 2. The summed E-state index contributed by atoms with van der Waals surface area (Å²) in [6.45, 7) is 1.21. The van der Waals surface area contributed by atoms with Crippen LogP contribution in [0.25, 0.3) is 10.2 Å². The number of aromatic nitrogens is 1. The molecule has 154 valence electrons. The summed E-state index contributed by atoms with van der Waals surface area (Å²) in [5, 5.41) is 11.5. The summed E-state index contributed by atoms with van der Waals surface area (Å²) in [4.78, 5) is 31.7. The summed E-state index contributed by atoms with van der Waals surface area (Å²) >= 11 is 4.93. The zero-order chi connectivity index (χ0) is 20.3. The zero-order valence-electron chi connectivity index (χ0n) is 15.9. The van der Waals surface area contributed by atoms with Gasteiger partial charge < -0.3 is 4.90 Å². The minimum Gasteiger partial charge on any atom is -0.308 e. The number of fused-ring (bicyclic) bond motifs is 1. The highest BCUT2D eigenvalue weighted by atomic mass is 79.9. The monoisotopic (exact) mass is 498 g/mol. The van der Waals surface area contributed by atoms with Gasteiger partial charge in [0.1, 0.15) is 0 Å². The maximum atomic E-state index is 13.0. The van der Waals surface area contributed by atoms with Gasteiger partial charge in [0.05, 0.1) is 21.6 Å². The van der Waals surface area contributed by atoms with E-state index >= 15 is 0 Å². The van der Waals surface area contributed by atoms with Crippen LogP contribution in [0.5, 0.6) is 0 Å². The lowest BCUT2D eigenvalue weighted by Crippen LogP contribution is -2.37. The van der Waals surface area contributed by atoms with E-state index in [0.29, 0.717) is 18.2 Å². The summed E-state index contributed by atoms with van der Waals surface area (Å²) < 4.78 is 1.97. The summed E-state index contributed by atoms with van der Waals surface area (Å²) in [5.74, 6) is -0.0891. The predicted octanol–water partition coefficient (Wildman–Crippen LogP) is 4.53. The van der Waals surface area contributed by atoms with Gasteiger partial charge in [0.25, 0.3) is 5.69 Å². The minimum atomic E-state index is -0.450. The lowest BCUT2D eigenvalue weighted by molar-refractivity contribution is -0.384. The molecule has 0 N–H and O–H groups in total. The lowest BCUT2D eigenvalue weighted by Gasteiger charge is -2.22. The molecule has 0 saturated heterocycles. The number of hydrogen-bond donors (Lipinski definition) is 0. The Bertz CT molecular complexity index is 1010. The SMILES string of the molecule is CN(C)CCN(C(=O)Cc1ccc([N+](=O)[O-])cc1)c1nc2ccc(Br)cc2s1.Cl. The molecule has 0 radical (unpaired) electrons. The maximum absolute atomic E-state index is 13.0. The van der Waals surface area contributed by atoms with Gasteiger partial charge in [-0.15, -0.1) is 12.4 Å². The molecule has 1 aromatic heterocycles. The van der Waals surface area contributed by atoms with Gasteiger partial charge in [0.15, 0.2) is 5.13 Å². The molecule has 0 unspecified atom stereocenters. The third kappa shape index (κ3) is 5.96. The van der Waals surface area contributed by atoms with Crippen LogP contribution in [-0.4, -0.2) is 47.9 Å². The highest BCUT2D eigenvalue weighted by molar-refractivity contribution is 9.10. The Morgan fingerprint density at radius 2 is 1.86 bits per heavy atom. The number of nitrogens with zero attached hydrogens (tertiary/aromatic N) is 4. The van der Waals surface area contributed by atoms with E-state index in [9.17, 15) is 14.9 Å². The van der Waals surface area contributed by atoms with E-state index < -0.39 is 4.92 Å². The molecule has 0 fully saturated rings. The molecule has 7 nitrogen and oxygen atoms in total. The summed E-state index contributed by atoms with van der Waals surface area (Å²) in [5.41, 5.74) is 1.59. The second kappa shape index (κ2) is 10.1. The standard InChI is InChI=1S/C19H19BrN4O3S.ClH/c1-22(2)9-10-23(19-21-16-8-5-14(20)12-17(16)28-19)18(25)11-13-3-6-15(7-4-13)24(26)27;/h3-8,12H,9-11H2,1-2H3;1H. The Kier molecular flexibility index (Phi) is 8.09. The molecule has 29 heavy (non-hydrogen) atoms. The quantitative estimate of drug-likeness (QED) is 0.352. The Morgan fingerprint density at radius 3 is 2.48 bits per heavy atom. The first-order valence-electron chi connectivity index (χ1n) is 8.58. The van der Waals surface area contributed by atoms with E-state index in [2.05, 4.69) is 20.9 Å². The van der Waals surface area contributed by atoms with Crippen molar-refractivity contribution in [2.45, 2.75) is 6.42 Å². The molecule has 0 saturated carbocycles. The van der Waals surface area contributed by atoms with Gasteiger partial charge in [-0.2, -0.15) is 0 Å². The van der Waals surface area contributed by atoms with E-state index in [4.69, 9.17) is 0 Å². The number of anilines is 1. The number of nitro benzene ring substituents is 1. The number of non-ortho nitro benzene ring substituents is 1. The Morgan fingerprint density at radius 1 is 1.17 bits per heavy atom. The largest absolute Gasteiger partial charge is 0.308 e. The molecule has 0 aliphatic rings. The molecule has 1 amide bonds. The van der Waals surface area contributed by atoms with Gasteiger partial charge >= 0.3 is 0 Å². The summed E-state index contributed by atoms with van der Waals surface area (Å²) in [6, 6.07) is 11.9. The van der Waals surface area contributed by atoms with Crippen LogP contribution in [-0.2, 0) is 11.2 Å². The number of thiazole rings is 1.